The van der Waals surface area contributed by atoms with Crippen LogP contribution in [0.4, 0.5) is 4.39 Å². The summed E-state index contributed by atoms with van der Waals surface area (Å²) in [6.45, 7) is 2.28. The highest BCUT2D eigenvalue weighted by Gasteiger charge is 2.14. The van der Waals surface area contributed by atoms with Crippen LogP contribution in [0.25, 0.3) is 0 Å². The zero-order chi connectivity index (χ0) is 16.7. The predicted octanol–water partition coefficient (Wildman–Crippen LogP) is 2.93. The quantitative estimate of drug-likeness (QED) is 0.828. The Bertz CT molecular complexity index is 713. The molecule has 1 N–H and O–H groups in total. The Morgan fingerprint density at radius 2 is 2.13 bits per heavy atom. The Kier molecular flexibility index (Phi) is 6.12. The second-order valence-corrected chi connectivity index (χ2v) is 6.28. The first-order valence-electron chi connectivity index (χ1n) is 7.13. The molecule has 0 aliphatic rings. The van der Waals surface area contributed by atoms with Crippen molar-refractivity contribution in [3.05, 3.63) is 59.5 Å². The van der Waals surface area contributed by atoms with Crippen molar-refractivity contribution in [2.45, 2.75) is 23.6 Å². The maximum absolute atomic E-state index is 12.8. The summed E-state index contributed by atoms with van der Waals surface area (Å²) in [5.41, 5.74) is 1.49. The molecule has 2 aromatic rings. The van der Waals surface area contributed by atoms with E-state index in [2.05, 4.69) is 10.3 Å². The molecular weight excluding hydrogens is 313 g/mol. The molecular formula is C17H16FN3OS. The molecule has 0 saturated carbocycles. The van der Waals surface area contributed by atoms with Crippen molar-refractivity contribution in [2.24, 2.45) is 0 Å². The van der Waals surface area contributed by atoms with Crippen LogP contribution in [-0.2, 0) is 11.2 Å². The van der Waals surface area contributed by atoms with Gasteiger partial charge in [0.05, 0.1) is 21.9 Å². The van der Waals surface area contributed by atoms with Crippen LogP contribution in [0, 0.1) is 17.1 Å². The number of halogens is 1. The van der Waals surface area contributed by atoms with Crippen LogP contribution < -0.4 is 5.32 Å². The highest BCUT2D eigenvalue weighted by atomic mass is 32.2. The highest BCUT2D eigenvalue weighted by molar-refractivity contribution is 8.00. The van der Waals surface area contributed by atoms with Gasteiger partial charge in [0.15, 0.2) is 0 Å². The summed E-state index contributed by atoms with van der Waals surface area (Å²) in [5.74, 6) is -0.365. The van der Waals surface area contributed by atoms with Crippen molar-refractivity contribution in [1.82, 2.24) is 10.3 Å². The van der Waals surface area contributed by atoms with E-state index in [0.29, 0.717) is 23.6 Å². The van der Waals surface area contributed by atoms with Gasteiger partial charge in [0.2, 0.25) is 5.91 Å². The lowest BCUT2D eigenvalue weighted by atomic mass is 10.1. The number of amides is 1. The van der Waals surface area contributed by atoms with Gasteiger partial charge in [0.25, 0.3) is 0 Å². The third-order valence-electron chi connectivity index (χ3n) is 3.16. The maximum Gasteiger partial charge on any atom is 0.233 e. The number of nitriles is 1. The molecule has 0 spiro atoms. The van der Waals surface area contributed by atoms with E-state index >= 15 is 0 Å². The average Bonchev–Trinajstić information content (AvgIpc) is 2.56. The third kappa shape index (κ3) is 5.38. The van der Waals surface area contributed by atoms with Crippen LogP contribution >= 0.6 is 11.8 Å². The van der Waals surface area contributed by atoms with Crippen LogP contribution in [0.2, 0.25) is 0 Å². The number of benzene rings is 1. The number of aromatic nitrogens is 1. The van der Waals surface area contributed by atoms with Crippen LogP contribution in [0.15, 0.2) is 47.6 Å². The molecule has 0 saturated heterocycles. The zero-order valence-corrected chi connectivity index (χ0v) is 13.4. The summed E-state index contributed by atoms with van der Waals surface area (Å²) in [7, 11) is 0. The lowest BCUT2D eigenvalue weighted by Crippen LogP contribution is -2.32. The first kappa shape index (κ1) is 17.0. The lowest BCUT2D eigenvalue weighted by molar-refractivity contribution is -0.120. The van der Waals surface area contributed by atoms with E-state index in [-0.39, 0.29) is 17.0 Å². The molecule has 2 rings (SSSR count). The maximum atomic E-state index is 12.8. The van der Waals surface area contributed by atoms with Crippen molar-refractivity contribution in [2.75, 3.05) is 6.54 Å². The van der Waals surface area contributed by atoms with Crippen molar-refractivity contribution in [3.8, 4) is 6.07 Å². The molecule has 0 fully saturated rings. The van der Waals surface area contributed by atoms with Crippen LogP contribution in [0.5, 0.6) is 0 Å². The highest BCUT2D eigenvalue weighted by Crippen LogP contribution is 2.21. The summed E-state index contributed by atoms with van der Waals surface area (Å²) in [4.78, 5) is 16.2. The van der Waals surface area contributed by atoms with E-state index in [1.54, 1.807) is 37.4 Å². The SMILES string of the molecule is C[C@@H](Sc1cc(C#N)ccn1)C(=O)NCCc1ccc(F)cc1. The molecule has 1 aromatic carbocycles. The second-order valence-electron chi connectivity index (χ2n) is 4.92. The van der Waals surface area contributed by atoms with E-state index in [1.165, 1.54) is 23.9 Å². The number of pyridine rings is 1. The van der Waals surface area contributed by atoms with E-state index in [9.17, 15) is 9.18 Å². The molecule has 23 heavy (non-hydrogen) atoms. The summed E-state index contributed by atoms with van der Waals surface area (Å²) in [6, 6.07) is 11.6. The number of carbonyl (C=O) groups is 1. The average molecular weight is 329 g/mol. The number of hydrogen-bond acceptors (Lipinski definition) is 4. The van der Waals surface area contributed by atoms with Gasteiger partial charge in [-0.3, -0.25) is 4.79 Å². The van der Waals surface area contributed by atoms with Crippen molar-refractivity contribution in [3.63, 3.8) is 0 Å². The Morgan fingerprint density at radius 1 is 1.39 bits per heavy atom. The van der Waals surface area contributed by atoms with Gasteiger partial charge in [-0.15, -0.1) is 0 Å². The summed E-state index contributed by atoms with van der Waals surface area (Å²) in [5, 5.41) is 12.0. The molecule has 6 heteroatoms. The number of hydrogen-bond donors (Lipinski definition) is 1. The number of nitrogens with zero attached hydrogens (tertiary/aromatic N) is 2. The minimum atomic E-state index is -0.315. The fourth-order valence-electron chi connectivity index (χ4n) is 1.90. The van der Waals surface area contributed by atoms with Gasteiger partial charge < -0.3 is 5.32 Å². The molecule has 1 amide bonds. The monoisotopic (exact) mass is 329 g/mol. The molecule has 0 aliphatic carbocycles. The summed E-state index contributed by atoms with van der Waals surface area (Å²) in [6.07, 6.45) is 2.20. The minimum Gasteiger partial charge on any atom is -0.355 e. The van der Waals surface area contributed by atoms with Crippen molar-refractivity contribution < 1.29 is 9.18 Å². The zero-order valence-electron chi connectivity index (χ0n) is 12.6. The smallest absolute Gasteiger partial charge is 0.233 e. The fraction of sp³-hybridized carbons (Fsp3) is 0.235. The van der Waals surface area contributed by atoms with E-state index in [4.69, 9.17) is 5.26 Å². The van der Waals surface area contributed by atoms with Crippen LogP contribution in [0.3, 0.4) is 0 Å². The van der Waals surface area contributed by atoms with Gasteiger partial charge in [-0.1, -0.05) is 23.9 Å². The van der Waals surface area contributed by atoms with Gasteiger partial charge in [0, 0.05) is 12.7 Å². The van der Waals surface area contributed by atoms with E-state index in [0.717, 1.165) is 5.56 Å². The van der Waals surface area contributed by atoms with Gasteiger partial charge in [-0.25, -0.2) is 9.37 Å². The molecule has 1 atom stereocenters. The Hall–Kier alpha value is -2.39. The number of nitrogens with one attached hydrogen (secondary N) is 1. The van der Waals surface area contributed by atoms with Gasteiger partial charge in [0.1, 0.15) is 5.82 Å². The molecule has 118 valence electrons. The molecule has 0 aliphatic heterocycles. The topological polar surface area (TPSA) is 65.8 Å². The molecule has 0 bridgehead atoms. The van der Waals surface area contributed by atoms with E-state index < -0.39 is 0 Å². The third-order valence-corrected chi connectivity index (χ3v) is 4.19. The standard InChI is InChI=1S/C17H16FN3OS/c1-12(23-16-10-14(11-19)7-8-20-16)17(22)21-9-6-13-2-4-15(18)5-3-13/h2-5,7-8,10,12H,6,9H2,1H3,(H,21,22)/t12-/m1/s1. The van der Waals surface area contributed by atoms with Gasteiger partial charge >= 0.3 is 0 Å². The summed E-state index contributed by atoms with van der Waals surface area (Å²) >= 11 is 1.31. The Labute approximate surface area is 138 Å². The van der Waals surface area contributed by atoms with Crippen LogP contribution in [0.1, 0.15) is 18.1 Å². The predicted molar refractivity (Wildman–Crippen MR) is 87.4 cm³/mol. The van der Waals surface area contributed by atoms with Crippen molar-refractivity contribution in [1.29, 1.82) is 5.26 Å². The number of thioether (sulfide) groups is 1. The van der Waals surface area contributed by atoms with Gasteiger partial charge in [-0.2, -0.15) is 5.26 Å². The normalized spacial score (nSPS) is 11.5. The lowest BCUT2D eigenvalue weighted by Gasteiger charge is -2.11. The first-order chi connectivity index (χ1) is 11.1. The molecule has 1 aromatic heterocycles. The summed E-state index contributed by atoms with van der Waals surface area (Å²) < 4.78 is 12.8. The molecule has 4 nitrogen and oxygen atoms in total. The largest absolute Gasteiger partial charge is 0.355 e. The second kappa shape index (κ2) is 8.30. The van der Waals surface area contributed by atoms with Gasteiger partial charge in [-0.05, 0) is 43.2 Å². The fourth-order valence-corrected chi connectivity index (χ4v) is 2.77. The first-order valence-corrected chi connectivity index (χ1v) is 8.01. The van der Waals surface area contributed by atoms with Crippen molar-refractivity contribution >= 4 is 17.7 Å². The molecule has 1 heterocycles. The molecule has 0 radical (unpaired) electrons. The van der Waals surface area contributed by atoms with Crippen LogP contribution in [-0.4, -0.2) is 22.7 Å². The molecule has 0 unspecified atom stereocenters. The minimum absolute atomic E-state index is 0.0960. The van der Waals surface area contributed by atoms with E-state index in [1.807, 2.05) is 6.07 Å². The number of carbonyl (C=O) groups excluding carboxylic acids is 1. The Morgan fingerprint density at radius 3 is 2.83 bits per heavy atom. The Balaban J connectivity index is 1.80. The number of rotatable bonds is 6.